The highest BCUT2D eigenvalue weighted by Gasteiger charge is 2.36. The van der Waals surface area contributed by atoms with Crippen LogP contribution in [0.4, 0.5) is 5.82 Å². The summed E-state index contributed by atoms with van der Waals surface area (Å²) in [6, 6.07) is 0.739. The number of anilines is 1. The molecule has 3 fully saturated rings. The van der Waals surface area contributed by atoms with E-state index in [1.807, 2.05) is 0 Å². The van der Waals surface area contributed by atoms with Crippen LogP contribution in [0.2, 0.25) is 0 Å². The quantitative estimate of drug-likeness (QED) is 0.901. The first-order valence-corrected chi connectivity index (χ1v) is 7.87. The highest BCUT2D eigenvalue weighted by atomic mass is 16.5. The van der Waals surface area contributed by atoms with E-state index in [1.54, 1.807) is 0 Å². The first kappa shape index (κ1) is 12.7. The second-order valence-electron chi connectivity index (χ2n) is 6.53. The predicted octanol–water partition coefficient (Wildman–Crippen LogP) is 1.35. The molecule has 1 aromatic heterocycles. The summed E-state index contributed by atoms with van der Waals surface area (Å²) in [5.74, 6) is 1.30. The van der Waals surface area contributed by atoms with Crippen LogP contribution >= 0.6 is 0 Å². The molecule has 0 radical (unpaired) electrons. The fraction of sp³-hybridized carbons (Fsp3) is 0.800. The van der Waals surface area contributed by atoms with Gasteiger partial charge in [0.25, 0.3) is 0 Å². The Morgan fingerprint density at radius 3 is 2.55 bits per heavy atom. The van der Waals surface area contributed by atoms with E-state index >= 15 is 0 Å². The van der Waals surface area contributed by atoms with Gasteiger partial charge in [-0.05, 0) is 32.6 Å². The van der Waals surface area contributed by atoms with Gasteiger partial charge >= 0.3 is 0 Å². The summed E-state index contributed by atoms with van der Waals surface area (Å²) in [4.78, 5) is 2.50. The van der Waals surface area contributed by atoms with Crippen LogP contribution < -0.4 is 10.2 Å². The van der Waals surface area contributed by atoms with Crippen LogP contribution in [-0.4, -0.2) is 41.1 Å². The second kappa shape index (κ2) is 4.74. The van der Waals surface area contributed by atoms with E-state index in [0.29, 0.717) is 12.2 Å². The molecule has 0 spiro atoms. The van der Waals surface area contributed by atoms with Crippen LogP contribution in [0.1, 0.15) is 36.9 Å². The van der Waals surface area contributed by atoms with Gasteiger partial charge < -0.3 is 15.0 Å². The Morgan fingerprint density at radius 2 is 1.90 bits per heavy atom. The molecule has 20 heavy (non-hydrogen) atoms. The third-order valence-electron chi connectivity index (χ3n) is 4.80. The van der Waals surface area contributed by atoms with Gasteiger partial charge in [-0.2, -0.15) is 5.10 Å². The lowest BCUT2D eigenvalue weighted by Crippen LogP contribution is -2.44. The van der Waals surface area contributed by atoms with E-state index < -0.39 is 0 Å². The Morgan fingerprint density at radius 1 is 1.20 bits per heavy atom. The Balaban J connectivity index is 1.58. The third kappa shape index (κ3) is 2.23. The molecule has 0 aromatic carbocycles. The van der Waals surface area contributed by atoms with Crippen molar-refractivity contribution in [1.29, 1.82) is 0 Å². The summed E-state index contributed by atoms with van der Waals surface area (Å²) in [5.41, 5.74) is 2.54. The molecule has 1 N–H and O–H groups in total. The van der Waals surface area contributed by atoms with Gasteiger partial charge in [0.15, 0.2) is 0 Å². The van der Waals surface area contributed by atoms with Crippen LogP contribution in [0, 0.1) is 6.92 Å². The second-order valence-corrected chi connectivity index (χ2v) is 6.53. The van der Waals surface area contributed by atoms with Gasteiger partial charge in [0, 0.05) is 38.3 Å². The molecule has 3 heterocycles. The SMILES string of the molecule is Cc1nn(C)c(N2CC3CCC(C2)O3)c1CNC1CC1. The number of hydrogen-bond acceptors (Lipinski definition) is 4. The van der Waals surface area contributed by atoms with Gasteiger partial charge in [0.1, 0.15) is 5.82 Å². The number of aromatic nitrogens is 2. The summed E-state index contributed by atoms with van der Waals surface area (Å²) in [7, 11) is 2.07. The highest BCUT2D eigenvalue weighted by molar-refractivity contribution is 5.51. The molecule has 2 saturated heterocycles. The molecule has 1 aliphatic carbocycles. The van der Waals surface area contributed by atoms with Crippen molar-refractivity contribution in [3.63, 3.8) is 0 Å². The molecule has 2 bridgehead atoms. The molecule has 2 aliphatic heterocycles. The minimum Gasteiger partial charge on any atom is -0.371 e. The smallest absolute Gasteiger partial charge is 0.131 e. The minimum atomic E-state index is 0.424. The normalized spacial score (nSPS) is 29.2. The molecule has 5 nitrogen and oxygen atoms in total. The first-order valence-electron chi connectivity index (χ1n) is 7.87. The maximum atomic E-state index is 5.96. The molecule has 5 heteroatoms. The van der Waals surface area contributed by atoms with Gasteiger partial charge in [0.2, 0.25) is 0 Å². The molecular weight excluding hydrogens is 252 g/mol. The van der Waals surface area contributed by atoms with E-state index in [9.17, 15) is 0 Å². The van der Waals surface area contributed by atoms with Gasteiger partial charge in [-0.15, -0.1) is 0 Å². The van der Waals surface area contributed by atoms with Gasteiger partial charge in [-0.25, -0.2) is 0 Å². The van der Waals surface area contributed by atoms with Crippen molar-refractivity contribution in [2.24, 2.45) is 7.05 Å². The number of aryl methyl sites for hydroxylation is 2. The molecule has 4 rings (SSSR count). The lowest BCUT2D eigenvalue weighted by molar-refractivity contribution is 0.0299. The van der Waals surface area contributed by atoms with Crippen molar-refractivity contribution in [3.8, 4) is 0 Å². The minimum absolute atomic E-state index is 0.424. The molecule has 1 saturated carbocycles. The topological polar surface area (TPSA) is 42.3 Å². The molecule has 3 aliphatic rings. The Hall–Kier alpha value is -1.07. The lowest BCUT2D eigenvalue weighted by Gasteiger charge is -2.34. The number of fused-ring (bicyclic) bond motifs is 2. The van der Waals surface area contributed by atoms with Gasteiger partial charge in [-0.1, -0.05) is 0 Å². The number of morpholine rings is 1. The highest BCUT2D eigenvalue weighted by Crippen LogP contribution is 2.32. The lowest BCUT2D eigenvalue weighted by atomic mass is 10.2. The molecule has 2 unspecified atom stereocenters. The average molecular weight is 276 g/mol. The number of rotatable bonds is 4. The van der Waals surface area contributed by atoms with Crippen molar-refractivity contribution in [2.45, 2.75) is 57.4 Å². The Bertz CT molecular complexity index is 496. The maximum absolute atomic E-state index is 5.96. The average Bonchev–Trinajstić information content (AvgIpc) is 3.12. The van der Waals surface area contributed by atoms with Crippen molar-refractivity contribution in [2.75, 3.05) is 18.0 Å². The number of hydrogen-bond donors (Lipinski definition) is 1. The zero-order chi connectivity index (χ0) is 13.7. The summed E-state index contributed by atoms with van der Waals surface area (Å²) < 4.78 is 8.02. The molecule has 2 atom stereocenters. The van der Waals surface area contributed by atoms with Crippen LogP contribution in [0.25, 0.3) is 0 Å². The fourth-order valence-corrected chi connectivity index (χ4v) is 3.61. The van der Waals surface area contributed by atoms with E-state index in [0.717, 1.165) is 31.4 Å². The Kier molecular flexibility index (Phi) is 3.00. The van der Waals surface area contributed by atoms with E-state index in [2.05, 4.69) is 34.0 Å². The van der Waals surface area contributed by atoms with Crippen molar-refractivity contribution < 1.29 is 4.74 Å². The van der Waals surface area contributed by atoms with E-state index in [-0.39, 0.29) is 0 Å². The molecule has 110 valence electrons. The zero-order valence-electron chi connectivity index (χ0n) is 12.4. The van der Waals surface area contributed by atoms with Crippen molar-refractivity contribution >= 4 is 5.82 Å². The van der Waals surface area contributed by atoms with Crippen LogP contribution in [0.5, 0.6) is 0 Å². The molecule has 1 aromatic rings. The fourth-order valence-electron chi connectivity index (χ4n) is 3.61. The van der Waals surface area contributed by atoms with Gasteiger partial charge in [-0.3, -0.25) is 4.68 Å². The summed E-state index contributed by atoms with van der Waals surface area (Å²) in [6.45, 7) is 5.12. The third-order valence-corrected chi connectivity index (χ3v) is 4.80. The summed E-state index contributed by atoms with van der Waals surface area (Å²) in [6.07, 6.45) is 5.94. The van der Waals surface area contributed by atoms with E-state index in [1.165, 1.54) is 37.1 Å². The first-order chi connectivity index (χ1) is 9.70. The van der Waals surface area contributed by atoms with Crippen LogP contribution in [0.15, 0.2) is 0 Å². The standard InChI is InChI=1S/C15H24N4O/c1-10-14(7-16-11-3-4-11)15(18(2)17-10)19-8-12-5-6-13(9-19)20-12/h11-13,16H,3-9H2,1-2H3. The molecule has 0 amide bonds. The number of ether oxygens (including phenoxy) is 1. The number of nitrogens with one attached hydrogen (secondary N) is 1. The maximum Gasteiger partial charge on any atom is 0.131 e. The van der Waals surface area contributed by atoms with E-state index in [4.69, 9.17) is 4.74 Å². The van der Waals surface area contributed by atoms with Crippen LogP contribution in [-0.2, 0) is 18.3 Å². The largest absolute Gasteiger partial charge is 0.371 e. The monoisotopic (exact) mass is 276 g/mol. The predicted molar refractivity (Wildman–Crippen MR) is 77.9 cm³/mol. The van der Waals surface area contributed by atoms with Crippen molar-refractivity contribution in [1.82, 2.24) is 15.1 Å². The summed E-state index contributed by atoms with van der Waals surface area (Å²) >= 11 is 0. The zero-order valence-corrected chi connectivity index (χ0v) is 12.4. The van der Waals surface area contributed by atoms with Crippen LogP contribution in [0.3, 0.4) is 0 Å². The number of nitrogens with zero attached hydrogens (tertiary/aromatic N) is 3. The van der Waals surface area contributed by atoms with Crippen molar-refractivity contribution in [3.05, 3.63) is 11.3 Å². The summed E-state index contributed by atoms with van der Waals surface area (Å²) in [5, 5.41) is 8.28. The Labute approximate surface area is 120 Å². The molecular formula is C15H24N4O. The van der Waals surface area contributed by atoms with Gasteiger partial charge in [0.05, 0.1) is 17.9 Å².